The summed E-state index contributed by atoms with van der Waals surface area (Å²) in [5.41, 5.74) is 3.57. The Morgan fingerprint density at radius 2 is 1.27 bits per heavy atom. The van der Waals surface area contributed by atoms with Crippen LogP contribution in [0.1, 0.15) is 55.7 Å². The van der Waals surface area contributed by atoms with E-state index in [2.05, 4.69) is 13.8 Å². The van der Waals surface area contributed by atoms with Crippen molar-refractivity contribution in [1.29, 1.82) is 0 Å². The zero-order chi connectivity index (χ0) is 42.6. The van der Waals surface area contributed by atoms with Crippen LogP contribution in [0.2, 0.25) is 15.5 Å². The number of benzene rings is 4. The van der Waals surface area contributed by atoms with Crippen LogP contribution in [0.3, 0.4) is 0 Å². The molecule has 2 saturated heterocycles. The van der Waals surface area contributed by atoms with Crippen LogP contribution < -0.4 is 14.2 Å². The summed E-state index contributed by atoms with van der Waals surface area (Å²) < 4.78 is 91.0. The first-order valence-electron chi connectivity index (χ1n) is 20.4. The topological polar surface area (TPSA) is 137 Å². The minimum atomic E-state index is -4.96. The van der Waals surface area contributed by atoms with Crippen LogP contribution in [0, 0.1) is 11.8 Å². The maximum atomic E-state index is 12.9. The second kappa shape index (κ2) is 22.0. The van der Waals surface area contributed by atoms with Crippen LogP contribution in [0.15, 0.2) is 103 Å². The Morgan fingerprint density at radius 3 is 1.77 bits per heavy atom. The molecule has 0 aromatic heterocycles. The van der Waals surface area contributed by atoms with Crippen molar-refractivity contribution in [3.8, 4) is 17.2 Å². The van der Waals surface area contributed by atoms with Gasteiger partial charge in [-0.1, -0.05) is 0 Å². The van der Waals surface area contributed by atoms with Gasteiger partial charge in [-0.3, -0.25) is 0 Å². The van der Waals surface area contributed by atoms with Gasteiger partial charge in [0.2, 0.25) is 0 Å². The Labute approximate surface area is 359 Å². The maximum absolute atomic E-state index is 12.9. The molecule has 0 saturated carbocycles. The van der Waals surface area contributed by atoms with Gasteiger partial charge in [-0.05, 0) is 0 Å². The molecule has 12 nitrogen and oxygen atoms in total. The van der Waals surface area contributed by atoms with Crippen LogP contribution in [0.5, 0.6) is 17.2 Å². The van der Waals surface area contributed by atoms with Crippen LogP contribution in [0.4, 0.5) is 0 Å². The van der Waals surface area contributed by atoms with Crippen LogP contribution in [0.25, 0.3) is 0 Å². The molecule has 0 spiro atoms. The molecule has 60 heavy (non-hydrogen) atoms. The minimum absolute atomic E-state index is 0.0542. The van der Waals surface area contributed by atoms with Crippen molar-refractivity contribution >= 4 is 24.3 Å². The predicted octanol–water partition coefficient (Wildman–Crippen LogP) is 8.63. The fourth-order valence-corrected chi connectivity index (χ4v) is 16.1. The van der Waals surface area contributed by atoms with Gasteiger partial charge in [0.1, 0.15) is 0 Å². The van der Waals surface area contributed by atoms with E-state index < -0.39 is 55.0 Å². The van der Waals surface area contributed by atoms with E-state index in [4.69, 9.17) is 42.1 Å². The van der Waals surface area contributed by atoms with Gasteiger partial charge < -0.3 is 4.74 Å². The fourth-order valence-electron chi connectivity index (χ4n) is 7.98. The van der Waals surface area contributed by atoms with E-state index in [9.17, 15) is 13.0 Å². The number of hydrogen-bond donors (Lipinski definition) is 1. The van der Waals surface area contributed by atoms with Crippen molar-refractivity contribution in [2.45, 2.75) is 99.3 Å². The van der Waals surface area contributed by atoms with Crippen molar-refractivity contribution in [2.24, 2.45) is 11.8 Å². The normalized spacial score (nSPS) is 24.7. The fraction of sp³-hybridized carbons (Fsp3) is 0.478. The third-order valence-electron chi connectivity index (χ3n) is 11.3. The van der Waals surface area contributed by atoms with E-state index in [1.54, 1.807) is 21.3 Å². The average Bonchev–Trinajstić information content (AvgIpc) is 3.57. The van der Waals surface area contributed by atoms with Crippen LogP contribution in [-0.2, 0) is 58.1 Å². The third kappa shape index (κ3) is 12.5. The zero-order valence-corrected chi connectivity index (χ0v) is 37.7. The summed E-state index contributed by atoms with van der Waals surface area (Å²) >= 11 is -1.44. The van der Waals surface area contributed by atoms with E-state index in [0.717, 1.165) is 45.5 Å². The number of hydrogen-bond acceptors (Lipinski definition) is 11. The number of ether oxygens (including phenoxy) is 8. The van der Waals surface area contributed by atoms with E-state index in [1.165, 1.54) is 0 Å². The van der Waals surface area contributed by atoms with Gasteiger partial charge in [0.25, 0.3) is 0 Å². The molecule has 10 atom stereocenters. The van der Waals surface area contributed by atoms with Gasteiger partial charge in [-0.2, -0.15) is 0 Å². The summed E-state index contributed by atoms with van der Waals surface area (Å²) in [4.78, 5) is 0.431. The summed E-state index contributed by atoms with van der Waals surface area (Å²) in [6.07, 6.45) is -3.56. The molecule has 1 N–H and O–H groups in total. The van der Waals surface area contributed by atoms with Crippen LogP contribution >= 0.6 is 0 Å². The molecule has 0 bridgehead atoms. The first-order chi connectivity index (χ1) is 29.0. The van der Waals surface area contributed by atoms with Crippen molar-refractivity contribution in [1.82, 2.24) is 0 Å². The predicted molar refractivity (Wildman–Crippen MR) is 229 cm³/mol. The van der Waals surface area contributed by atoms with Crippen molar-refractivity contribution in [2.75, 3.05) is 27.9 Å². The number of methoxy groups -OCH3 is 3. The Bertz CT molecular complexity index is 1980. The Kier molecular flexibility index (Phi) is 16.9. The second-order valence-electron chi connectivity index (χ2n) is 15.3. The summed E-state index contributed by atoms with van der Waals surface area (Å²) in [7, 11) is -0.0988. The summed E-state index contributed by atoms with van der Waals surface area (Å²) in [6, 6.07) is 32.4. The van der Waals surface area contributed by atoms with Crippen molar-refractivity contribution in [3.05, 3.63) is 125 Å². The molecule has 0 amide bonds. The molecular formula is C46H59O12SSe+. The molecule has 4 aromatic rings. The molecule has 2 aliphatic heterocycles. The Hall–Kier alpha value is -3.53. The van der Waals surface area contributed by atoms with Gasteiger partial charge in [-0.15, -0.1) is 0 Å². The van der Waals surface area contributed by atoms with Gasteiger partial charge in [0, 0.05) is 0 Å². The molecule has 0 aliphatic carbocycles. The van der Waals surface area contributed by atoms with E-state index in [0.29, 0.717) is 28.4 Å². The number of rotatable bonds is 21. The Balaban J connectivity index is 1.30. The van der Waals surface area contributed by atoms with Crippen molar-refractivity contribution < 1.29 is 55.0 Å². The first-order valence-corrected chi connectivity index (χ1v) is 25.1. The zero-order valence-electron chi connectivity index (χ0n) is 35.2. The monoisotopic (exact) mass is 915 g/mol. The summed E-state index contributed by atoms with van der Waals surface area (Å²) in [6.45, 7) is 7.36. The molecule has 326 valence electrons. The Morgan fingerprint density at radius 1 is 0.750 bits per heavy atom. The molecule has 2 aliphatic rings. The molecule has 6 rings (SSSR count). The van der Waals surface area contributed by atoms with E-state index in [-0.39, 0.29) is 31.8 Å². The first kappa shape index (κ1) is 46.0. The summed E-state index contributed by atoms with van der Waals surface area (Å²) in [5.74, 6) is 2.13. The molecule has 0 radical (unpaired) electrons. The summed E-state index contributed by atoms with van der Waals surface area (Å²) in [5, 5.41) is 1.62. The van der Waals surface area contributed by atoms with Gasteiger partial charge >= 0.3 is 349 Å². The molecule has 2 unspecified atom stereocenters. The van der Waals surface area contributed by atoms with E-state index >= 15 is 0 Å². The molecule has 2 fully saturated rings. The molecule has 4 aromatic carbocycles. The second-order valence-corrected chi connectivity index (χ2v) is 21.3. The van der Waals surface area contributed by atoms with E-state index in [1.807, 2.05) is 110 Å². The van der Waals surface area contributed by atoms with Gasteiger partial charge in [0.05, 0.1) is 7.11 Å². The molecule has 2 heterocycles. The third-order valence-corrected chi connectivity index (χ3v) is 18.7. The molecular weight excluding hydrogens is 856 g/mol. The van der Waals surface area contributed by atoms with Gasteiger partial charge in [-0.25, -0.2) is 0 Å². The SMILES string of the molecule is CC[C@@H]1[C@@H](C)[C@H](OCc2ccc(OC)cc2)C[Se+]1C[C@@H](C)[C@@H](OS(=O)(=O)O)[C@H](OCc1ccc(OC)cc1)[C@@H]1OC(c2ccccc2)OC[C@@H]1OCc1ccc(OC)cc1. The van der Waals surface area contributed by atoms with Crippen LogP contribution in [-0.4, -0.2) is 85.3 Å². The quantitative estimate of drug-likeness (QED) is 0.0633. The standard InChI is InChI=1S/C46H58O12SSe/c1-7-42-32(3)41(54-26-34-15-21-38(51-5)22-16-34)30-60(42)29-31(2)43(58-59(47,48)49)45(55-27-35-17-23-39(52-6)24-18-35)44-40(53-25-33-13-19-37(50-4)20-14-33)28-56-46(57-44)36-11-9-8-10-12-36/h8-24,31-32,40-46H,7,25-30H2,1-6H3/p+1/t31-,32+,40+,41-,42-,43-,44-,45+,46?,60?/m1/s1. The molecule has 14 heteroatoms. The van der Waals surface area contributed by atoms with Gasteiger partial charge in [0.15, 0.2) is 0 Å². The van der Waals surface area contributed by atoms with Crippen molar-refractivity contribution in [3.63, 3.8) is 0 Å². The average molecular weight is 915 g/mol.